The number of amidine groups is 1. The summed E-state index contributed by atoms with van der Waals surface area (Å²) < 4.78 is 12.6. The maximum atomic E-state index is 13.2. The van der Waals surface area contributed by atoms with Gasteiger partial charge in [-0.25, -0.2) is 4.99 Å². The van der Waals surface area contributed by atoms with Gasteiger partial charge in [0.05, 0.1) is 30.9 Å². The summed E-state index contributed by atoms with van der Waals surface area (Å²) in [6.07, 6.45) is 1.93. The first kappa shape index (κ1) is 21.9. The first-order valence-electron chi connectivity index (χ1n) is 10.3. The summed E-state index contributed by atoms with van der Waals surface area (Å²) in [5, 5.41) is 0.656. The lowest BCUT2D eigenvalue weighted by Crippen LogP contribution is -2.32. The number of aromatic nitrogens is 1. The van der Waals surface area contributed by atoms with Gasteiger partial charge < -0.3 is 14.0 Å². The number of aliphatic imine (C=N–C) groups is 1. The highest BCUT2D eigenvalue weighted by Crippen LogP contribution is 2.34. The molecule has 3 aromatic rings. The Hall–Kier alpha value is -3.29. The molecule has 1 aliphatic heterocycles. The largest absolute Gasteiger partial charge is 0.497 e. The molecule has 0 radical (unpaired) electrons. The molecule has 32 heavy (non-hydrogen) atoms. The molecule has 2 heterocycles. The van der Waals surface area contributed by atoms with Gasteiger partial charge in [0.1, 0.15) is 5.75 Å². The number of carbonyl (C=O) groups excluding carboxylic acids is 1. The SMILES string of the molecule is COCCN1C(=O)/C(=C/c2ccc(C)n2-c2ccc(OC)cc2)SC1=Nc1ccccc1. The molecule has 0 spiro atoms. The lowest BCUT2D eigenvalue weighted by Gasteiger charge is -2.14. The fourth-order valence-corrected chi connectivity index (χ4v) is 4.48. The molecule has 0 aliphatic carbocycles. The summed E-state index contributed by atoms with van der Waals surface area (Å²) in [6, 6.07) is 21.6. The molecule has 1 aromatic heterocycles. The molecule has 1 aliphatic rings. The van der Waals surface area contributed by atoms with Gasteiger partial charge in [-0.15, -0.1) is 0 Å². The third-order valence-electron chi connectivity index (χ3n) is 5.10. The summed E-state index contributed by atoms with van der Waals surface area (Å²) in [5.74, 6) is 0.734. The van der Waals surface area contributed by atoms with Gasteiger partial charge in [-0.05, 0) is 73.3 Å². The van der Waals surface area contributed by atoms with Crippen LogP contribution in [0.25, 0.3) is 11.8 Å². The van der Waals surface area contributed by atoms with Crippen molar-refractivity contribution in [1.82, 2.24) is 9.47 Å². The molecule has 1 fully saturated rings. The third kappa shape index (κ3) is 4.64. The van der Waals surface area contributed by atoms with Crippen LogP contribution < -0.4 is 4.74 Å². The van der Waals surface area contributed by atoms with Gasteiger partial charge in [0, 0.05) is 24.2 Å². The zero-order valence-electron chi connectivity index (χ0n) is 18.3. The van der Waals surface area contributed by atoms with Crippen molar-refractivity contribution in [1.29, 1.82) is 0 Å². The van der Waals surface area contributed by atoms with E-state index in [1.807, 2.05) is 79.7 Å². The number of ether oxygens (including phenoxy) is 2. The van der Waals surface area contributed by atoms with Gasteiger partial charge >= 0.3 is 0 Å². The van der Waals surface area contributed by atoms with Crippen LogP contribution in [0.3, 0.4) is 0 Å². The Balaban J connectivity index is 1.69. The summed E-state index contributed by atoms with van der Waals surface area (Å²) in [7, 11) is 3.28. The standard InChI is InChI=1S/C25H25N3O3S/c1-18-9-10-21(28(18)20-11-13-22(31-3)14-12-20)17-23-24(29)27(15-16-30-2)25(32-23)26-19-7-5-4-6-8-19/h4-14,17H,15-16H2,1-3H3/b23-17-,26-25?. The molecule has 1 amide bonds. The minimum Gasteiger partial charge on any atom is -0.497 e. The molecule has 0 atom stereocenters. The van der Waals surface area contributed by atoms with Crippen molar-refractivity contribution in [3.63, 3.8) is 0 Å². The summed E-state index contributed by atoms with van der Waals surface area (Å²) in [5.41, 5.74) is 3.82. The number of methoxy groups -OCH3 is 2. The molecule has 4 rings (SSSR count). The number of carbonyl (C=O) groups is 1. The van der Waals surface area contributed by atoms with Crippen LogP contribution in [-0.4, -0.2) is 47.9 Å². The Labute approximate surface area is 192 Å². The lowest BCUT2D eigenvalue weighted by atomic mass is 10.2. The molecule has 0 saturated carbocycles. The highest BCUT2D eigenvalue weighted by Gasteiger charge is 2.33. The Morgan fingerprint density at radius 3 is 2.44 bits per heavy atom. The molecule has 1 saturated heterocycles. The predicted octanol–water partition coefficient (Wildman–Crippen LogP) is 5.04. The molecule has 0 unspecified atom stereocenters. The summed E-state index contributed by atoms with van der Waals surface area (Å²) >= 11 is 1.38. The van der Waals surface area contributed by atoms with Gasteiger partial charge in [0.25, 0.3) is 5.91 Å². The number of para-hydroxylation sites is 1. The van der Waals surface area contributed by atoms with E-state index < -0.39 is 0 Å². The van der Waals surface area contributed by atoms with E-state index in [0.29, 0.717) is 23.2 Å². The number of aryl methyl sites for hydroxylation is 1. The zero-order valence-corrected chi connectivity index (χ0v) is 19.1. The average Bonchev–Trinajstić information content (AvgIpc) is 3.32. The fraction of sp³-hybridized carbons (Fsp3) is 0.200. The van der Waals surface area contributed by atoms with Crippen LogP contribution in [-0.2, 0) is 9.53 Å². The summed E-state index contributed by atoms with van der Waals surface area (Å²) in [6.45, 7) is 2.93. The van der Waals surface area contributed by atoms with E-state index in [9.17, 15) is 4.79 Å². The smallest absolute Gasteiger partial charge is 0.266 e. The topological polar surface area (TPSA) is 56.1 Å². The first-order valence-corrected chi connectivity index (χ1v) is 11.1. The fourth-order valence-electron chi connectivity index (χ4n) is 3.47. The van der Waals surface area contributed by atoms with Gasteiger partial charge in [-0.2, -0.15) is 0 Å². The summed E-state index contributed by atoms with van der Waals surface area (Å²) in [4.78, 5) is 20.2. The Morgan fingerprint density at radius 1 is 1.00 bits per heavy atom. The first-order chi connectivity index (χ1) is 15.6. The molecule has 2 aromatic carbocycles. The van der Waals surface area contributed by atoms with Crippen LogP contribution in [0.4, 0.5) is 5.69 Å². The number of hydrogen-bond donors (Lipinski definition) is 0. The number of rotatable bonds is 7. The van der Waals surface area contributed by atoms with E-state index in [-0.39, 0.29) is 5.91 Å². The van der Waals surface area contributed by atoms with E-state index in [1.54, 1.807) is 19.1 Å². The molecule has 6 nitrogen and oxygen atoms in total. The Bertz CT molecular complexity index is 1150. The van der Waals surface area contributed by atoms with E-state index in [4.69, 9.17) is 14.5 Å². The quantitative estimate of drug-likeness (QED) is 0.476. The zero-order chi connectivity index (χ0) is 22.5. The van der Waals surface area contributed by atoms with Crippen LogP contribution in [0.15, 0.2) is 76.6 Å². The van der Waals surface area contributed by atoms with Gasteiger partial charge in [0.15, 0.2) is 5.17 Å². The van der Waals surface area contributed by atoms with Crippen LogP contribution in [0.1, 0.15) is 11.4 Å². The number of thioether (sulfide) groups is 1. The molecular weight excluding hydrogens is 422 g/mol. The average molecular weight is 448 g/mol. The number of nitrogens with zero attached hydrogens (tertiary/aromatic N) is 3. The second-order valence-electron chi connectivity index (χ2n) is 7.22. The van der Waals surface area contributed by atoms with Crippen molar-refractivity contribution in [3.8, 4) is 11.4 Å². The Morgan fingerprint density at radius 2 is 1.75 bits per heavy atom. The number of amides is 1. The van der Waals surface area contributed by atoms with E-state index in [0.717, 1.165) is 28.5 Å². The lowest BCUT2D eigenvalue weighted by molar-refractivity contribution is -0.122. The van der Waals surface area contributed by atoms with Gasteiger partial charge in [-0.1, -0.05) is 18.2 Å². The maximum absolute atomic E-state index is 13.2. The van der Waals surface area contributed by atoms with Crippen LogP contribution in [0.2, 0.25) is 0 Å². The molecular formula is C25H25N3O3S. The van der Waals surface area contributed by atoms with Crippen LogP contribution in [0.5, 0.6) is 5.75 Å². The van der Waals surface area contributed by atoms with Crippen molar-refractivity contribution >= 4 is 34.6 Å². The normalized spacial score (nSPS) is 16.3. The van der Waals surface area contributed by atoms with Gasteiger partial charge in [0.2, 0.25) is 0 Å². The van der Waals surface area contributed by atoms with Crippen LogP contribution in [0, 0.1) is 6.92 Å². The van der Waals surface area contributed by atoms with E-state index in [2.05, 4.69) is 4.57 Å². The highest BCUT2D eigenvalue weighted by molar-refractivity contribution is 8.18. The molecule has 7 heteroatoms. The van der Waals surface area contributed by atoms with E-state index in [1.165, 1.54) is 11.8 Å². The van der Waals surface area contributed by atoms with Crippen molar-refractivity contribution in [2.75, 3.05) is 27.4 Å². The van der Waals surface area contributed by atoms with Gasteiger partial charge in [-0.3, -0.25) is 9.69 Å². The van der Waals surface area contributed by atoms with Crippen molar-refractivity contribution in [2.45, 2.75) is 6.92 Å². The third-order valence-corrected chi connectivity index (χ3v) is 6.11. The van der Waals surface area contributed by atoms with Crippen LogP contribution >= 0.6 is 11.8 Å². The van der Waals surface area contributed by atoms with Crippen molar-refractivity contribution in [2.24, 2.45) is 4.99 Å². The Kier molecular flexibility index (Phi) is 6.78. The highest BCUT2D eigenvalue weighted by atomic mass is 32.2. The van der Waals surface area contributed by atoms with Crippen molar-refractivity contribution in [3.05, 3.63) is 83.0 Å². The minimum absolute atomic E-state index is 0.0677. The molecule has 164 valence electrons. The monoisotopic (exact) mass is 447 g/mol. The molecule has 0 N–H and O–H groups in total. The van der Waals surface area contributed by atoms with Crippen molar-refractivity contribution < 1.29 is 14.3 Å². The number of benzene rings is 2. The minimum atomic E-state index is -0.0677. The molecule has 0 bridgehead atoms. The van der Waals surface area contributed by atoms with E-state index >= 15 is 0 Å². The number of hydrogen-bond acceptors (Lipinski definition) is 5. The second-order valence-corrected chi connectivity index (χ2v) is 8.23. The second kappa shape index (κ2) is 9.89. The maximum Gasteiger partial charge on any atom is 0.266 e. The predicted molar refractivity (Wildman–Crippen MR) is 130 cm³/mol.